The second-order valence-corrected chi connectivity index (χ2v) is 6.34. The molecule has 1 aromatic heterocycles. The van der Waals surface area contributed by atoms with Crippen LogP contribution in [-0.2, 0) is 4.74 Å². The normalized spacial score (nSPS) is 18.7. The van der Waals surface area contributed by atoms with Crippen LogP contribution in [-0.4, -0.2) is 40.8 Å². The first-order chi connectivity index (χ1) is 9.87. The van der Waals surface area contributed by atoms with E-state index in [1.165, 1.54) is 0 Å². The van der Waals surface area contributed by atoms with Crippen LogP contribution in [0.1, 0.15) is 39.3 Å². The van der Waals surface area contributed by atoms with E-state index in [-0.39, 0.29) is 12.1 Å². The third kappa shape index (κ3) is 4.31. The summed E-state index contributed by atoms with van der Waals surface area (Å²) in [7, 11) is 0. The number of hydrogen-bond donors (Lipinski definition) is 1. The minimum Gasteiger partial charge on any atom is -0.444 e. The van der Waals surface area contributed by atoms with E-state index in [4.69, 9.17) is 4.74 Å². The molecule has 1 fully saturated rings. The first-order valence-corrected chi connectivity index (χ1v) is 7.38. The van der Waals surface area contributed by atoms with Crippen LogP contribution >= 0.6 is 0 Å². The molecule has 1 aliphatic heterocycles. The predicted molar refractivity (Wildman–Crippen MR) is 81.4 cm³/mol. The Morgan fingerprint density at radius 1 is 1.43 bits per heavy atom. The van der Waals surface area contributed by atoms with Crippen molar-refractivity contribution < 1.29 is 9.53 Å². The van der Waals surface area contributed by atoms with Crippen LogP contribution in [0.15, 0.2) is 12.4 Å². The molecule has 2 rings (SSSR count). The SMILES string of the molecule is Cc1nccnc1N1CCCC1CNC(=O)OC(C)(C)C. The van der Waals surface area contributed by atoms with Crippen LogP contribution in [0.2, 0.25) is 0 Å². The Morgan fingerprint density at radius 3 is 2.81 bits per heavy atom. The maximum Gasteiger partial charge on any atom is 0.407 e. The third-order valence-corrected chi connectivity index (χ3v) is 3.39. The van der Waals surface area contributed by atoms with Crippen molar-refractivity contribution in [1.29, 1.82) is 0 Å². The molecule has 0 aliphatic carbocycles. The number of carbonyl (C=O) groups excluding carboxylic acids is 1. The van der Waals surface area contributed by atoms with Gasteiger partial charge in [0.2, 0.25) is 0 Å². The van der Waals surface area contributed by atoms with Gasteiger partial charge < -0.3 is 15.0 Å². The number of amides is 1. The summed E-state index contributed by atoms with van der Waals surface area (Å²) in [6.07, 6.45) is 5.16. The number of aryl methyl sites for hydroxylation is 1. The van der Waals surface area contributed by atoms with Crippen LogP contribution in [0.3, 0.4) is 0 Å². The molecule has 0 bridgehead atoms. The minimum absolute atomic E-state index is 0.243. The van der Waals surface area contributed by atoms with Gasteiger partial charge in [-0.05, 0) is 40.5 Å². The average molecular weight is 292 g/mol. The highest BCUT2D eigenvalue weighted by Crippen LogP contribution is 2.24. The molecule has 1 amide bonds. The summed E-state index contributed by atoms with van der Waals surface area (Å²) in [5.41, 5.74) is 0.447. The van der Waals surface area contributed by atoms with Crippen LogP contribution in [0, 0.1) is 6.92 Å². The van der Waals surface area contributed by atoms with Crippen molar-refractivity contribution in [2.75, 3.05) is 18.0 Å². The molecule has 1 saturated heterocycles. The molecule has 1 unspecified atom stereocenters. The average Bonchev–Trinajstić information content (AvgIpc) is 2.83. The standard InChI is InChI=1S/C15H24N4O2/c1-11-13(17-8-7-16-11)19-9-5-6-12(19)10-18-14(20)21-15(2,3)4/h7-8,12H,5-6,9-10H2,1-4H3,(H,18,20). The van der Waals surface area contributed by atoms with Gasteiger partial charge in [-0.2, -0.15) is 0 Å². The molecule has 0 aromatic carbocycles. The smallest absolute Gasteiger partial charge is 0.407 e. The van der Waals surface area contributed by atoms with E-state index >= 15 is 0 Å². The van der Waals surface area contributed by atoms with Gasteiger partial charge in [0.05, 0.1) is 5.69 Å². The fourth-order valence-corrected chi connectivity index (χ4v) is 2.52. The molecule has 6 heteroatoms. The second kappa shape index (κ2) is 6.28. The van der Waals surface area contributed by atoms with E-state index in [0.29, 0.717) is 6.54 Å². The van der Waals surface area contributed by atoms with E-state index in [1.807, 2.05) is 27.7 Å². The van der Waals surface area contributed by atoms with Gasteiger partial charge in [0.1, 0.15) is 11.4 Å². The summed E-state index contributed by atoms with van der Waals surface area (Å²) >= 11 is 0. The maximum absolute atomic E-state index is 11.7. The van der Waals surface area contributed by atoms with E-state index < -0.39 is 5.60 Å². The van der Waals surface area contributed by atoms with Crippen molar-refractivity contribution in [3.05, 3.63) is 18.1 Å². The van der Waals surface area contributed by atoms with Gasteiger partial charge >= 0.3 is 6.09 Å². The molecule has 6 nitrogen and oxygen atoms in total. The number of alkyl carbamates (subject to hydrolysis) is 1. The van der Waals surface area contributed by atoms with Crippen LogP contribution in [0.5, 0.6) is 0 Å². The van der Waals surface area contributed by atoms with Crippen molar-refractivity contribution in [2.45, 2.75) is 52.2 Å². The van der Waals surface area contributed by atoms with Gasteiger partial charge in [0.15, 0.2) is 0 Å². The third-order valence-electron chi connectivity index (χ3n) is 3.39. The monoisotopic (exact) mass is 292 g/mol. The van der Waals surface area contributed by atoms with Crippen molar-refractivity contribution in [1.82, 2.24) is 15.3 Å². The molecule has 0 spiro atoms. The second-order valence-electron chi connectivity index (χ2n) is 6.34. The number of rotatable bonds is 3. The Hall–Kier alpha value is -1.85. The van der Waals surface area contributed by atoms with Crippen molar-refractivity contribution in [3.8, 4) is 0 Å². The molecule has 0 saturated carbocycles. The molecular weight excluding hydrogens is 268 g/mol. The quantitative estimate of drug-likeness (QED) is 0.925. The van der Waals surface area contributed by atoms with Gasteiger partial charge in [-0.3, -0.25) is 4.98 Å². The molecule has 0 radical (unpaired) electrons. The van der Waals surface area contributed by atoms with Crippen LogP contribution < -0.4 is 10.2 Å². The Balaban J connectivity index is 1.94. The highest BCUT2D eigenvalue weighted by Gasteiger charge is 2.28. The number of nitrogens with zero attached hydrogens (tertiary/aromatic N) is 3. The topological polar surface area (TPSA) is 67.4 Å². The lowest BCUT2D eigenvalue weighted by atomic mass is 10.2. The molecule has 1 N–H and O–H groups in total. The first-order valence-electron chi connectivity index (χ1n) is 7.38. The Labute approximate surface area is 125 Å². The predicted octanol–water partition coefficient (Wildman–Crippen LogP) is 2.28. The van der Waals surface area contributed by atoms with Crippen molar-refractivity contribution in [3.63, 3.8) is 0 Å². The van der Waals surface area contributed by atoms with Crippen molar-refractivity contribution >= 4 is 11.9 Å². The van der Waals surface area contributed by atoms with E-state index in [2.05, 4.69) is 20.2 Å². The first kappa shape index (κ1) is 15.5. The lowest BCUT2D eigenvalue weighted by molar-refractivity contribution is 0.0525. The number of ether oxygens (including phenoxy) is 1. The number of aromatic nitrogens is 2. The Kier molecular flexibility index (Phi) is 4.65. The van der Waals surface area contributed by atoms with Crippen molar-refractivity contribution in [2.24, 2.45) is 0 Å². The van der Waals surface area contributed by atoms with Crippen LogP contribution in [0.25, 0.3) is 0 Å². The van der Waals surface area contributed by atoms with E-state index in [9.17, 15) is 4.79 Å². The van der Waals surface area contributed by atoms with Crippen LogP contribution in [0.4, 0.5) is 10.6 Å². The fraction of sp³-hybridized carbons (Fsp3) is 0.667. The summed E-state index contributed by atoms with van der Waals surface area (Å²) in [6.45, 7) is 9.04. The zero-order chi connectivity index (χ0) is 15.5. The lowest BCUT2D eigenvalue weighted by Crippen LogP contribution is -2.42. The van der Waals surface area contributed by atoms with Gasteiger partial charge in [-0.15, -0.1) is 0 Å². The zero-order valence-electron chi connectivity index (χ0n) is 13.2. The maximum atomic E-state index is 11.7. The molecule has 116 valence electrons. The summed E-state index contributed by atoms with van der Waals surface area (Å²) in [6, 6.07) is 0.243. The Morgan fingerprint density at radius 2 is 2.14 bits per heavy atom. The Bertz CT molecular complexity index is 499. The highest BCUT2D eigenvalue weighted by molar-refractivity contribution is 5.67. The highest BCUT2D eigenvalue weighted by atomic mass is 16.6. The van der Waals surface area contributed by atoms with Gasteiger partial charge in [0, 0.05) is 31.5 Å². The largest absolute Gasteiger partial charge is 0.444 e. The van der Waals surface area contributed by atoms with E-state index in [0.717, 1.165) is 30.9 Å². The summed E-state index contributed by atoms with van der Waals surface area (Å²) in [5, 5.41) is 2.85. The zero-order valence-corrected chi connectivity index (χ0v) is 13.2. The summed E-state index contributed by atoms with van der Waals surface area (Å²) in [5.74, 6) is 0.908. The number of anilines is 1. The summed E-state index contributed by atoms with van der Waals surface area (Å²) in [4.78, 5) is 22.7. The molecule has 1 aromatic rings. The minimum atomic E-state index is -0.471. The van der Waals surface area contributed by atoms with Gasteiger partial charge in [-0.1, -0.05) is 0 Å². The number of carbonyl (C=O) groups is 1. The van der Waals surface area contributed by atoms with Gasteiger partial charge in [0.25, 0.3) is 0 Å². The molecule has 2 heterocycles. The molecular formula is C15H24N4O2. The lowest BCUT2D eigenvalue weighted by Gasteiger charge is -2.27. The van der Waals surface area contributed by atoms with E-state index in [1.54, 1.807) is 12.4 Å². The number of hydrogen-bond acceptors (Lipinski definition) is 5. The van der Waals surface area contributed by atoms with Gasteiger partial charge in [-0.25, -0.2) is 9.78 Å². The molecule has 21 heavy (non-hydrogen) atoms. The number of nitrogens with one attached hydrogen (secondary N) is 1. The molecule has 1 atom stereocenters. The molecule has 1 aliphatic rings. The fourth-order valence-electron chi connectivity index (χ4n) is 2.52. The summed E-state index contributed by atoms with van der Waals surface area (Å²) < 4.78 is 5.27.